The molecule has 3 rings (SSSR count). The van der Waals surface area contributed by atoms with Crippen LogP contribution in [0.4, 0.5) is 5.82 Å². The summed E-state index contributed by atoms with van der Waals surface area (Å²) in [6, 6.07) is 7.82. The van der Waals surface area contributed by atoms with E-state index in [2.05, 4.69) is 18.7 Å². The second kappa shape index (κ2) is 7.31. The predicted molar refractivity (Wildman–Crippen MR) is 97.3 cm³/mol. The van der Waals surface area contributed by atoms with Crippen molar-refractivity contribution in [3.63, 3.8) is 0 Å². The molecule has 4 heteroatoms. The molecule has 0 saturated heterocycles. The van der Waals surface area contributed by atoms with Gasteiger partial charge in [0.15, 0.2) is 5.82 Å². The Morgan fingerprint density at radius 2 is 1.70 bits per heavy atom. The van der Waals surface area contributed by atoms with Crippen LogP contribution in [-0.4, -0.2) is 23.1 Å². The van der Waals surface area contributed by atoms with Gasteiger partial charge in [0.2, 0.25) is 0 Å². The summed E-state index contributed by atoms with van der Waals surface area (Å²) >= 11 is 6.01. The molecular weight excluding hydrogens is 306 g/mol. The molecule has 2 aromatic rings. The Bertz CT molecular complexity index is 661. The summed E-state index contributed by atoms with van der Waals surface area (Å²) in [5.74, 6) is 1.98. The highest BCUT2D eigenvalue weighted by Gasteiger charge is 2.22. The highest BCUT2D eigenvalue weighted by molar-refractivity contribution is 6.30. The van der Waals surface area contributed by atoms with Gasteiger partial charge in [-0.05, 0) is 56.4 Å². The second-order valence-electron chi connectivity index (χ2n) is 6.14. The molecule has 0 saturated carbocycles. The first-order chi connectivity index (χ1) is 11.2. The zero-order chi connectivity index (χ0) is 16.2. The van der Waals surface area contributed by atoms with Gasteiger partial charge in [0.1, 0.15) is 5.82 Å². The Hall–Kier alpha value is -1.61. The van der Waals surface area contributed by atoms with Crippen molar-refractivity contribution in [3.8, 4) is 11.4 Å². The molecule has 0 fully saturated rings. The van der Waals surface area contributed by atoms with E-state index in [1.165, 1.54) is 17.7 Å². The number of hydrogen-bond donors (Lipinski definition) is 0. The number of aryl methyl sites for hydroxylation is 1. The molecule has 0 N–H and O–H groups in total. The van der Waals surface area contributed by atoms with E-state index in [1.54, 1.807) is 0 Å². The van der Waals surface area contributed by atoms with Crippen molar-refractivity contribution in [2.24, 2.45) is 0 Å². The minimum absolute atomic E-state index is 0.744. The van der Waals surface area contributed by atoms with Gasteiger partial charge in [-0.3, -0.25) is 0 Å². The minimum Gasteiger partial charge on any atom is -0.356 e. The van der Waals surface area contributed by atoms with E-state index in [-0.39, 0.29) is 0 Å². The van der Waals surface area contributed by atoms with Gasteiger partial charge in [0.25, 0.3) is 0 Å². The summed E-state index contributed by atoms with van der Waals surface area (Å²) in [7, 11) is 0. The zero-order valence-corrected chi connectivity index (χ0v) is 14.7. The van der Waals surface area contributed by atoms with Crippen molar-refractivity contribution < 1.29 is 0 Å². The van der Waals surface area contributed by atoms with E-state index in [4.69, 9.17) is 21.6 Å². The average Bonchev–Trinajstić information content (AvgIpc) is 3.03. The topological polar surface area (TPSA) is 29.0 Å². The Morgan fingerprint density at radius 1 is 1.00 bits per heavy atom. The number of aromatic nitrogens is 2. The summed E-state index contributed by atoms with van der Waals surface area (Å²) in [6.45, 7) is 6.56. The van der Waals surface area contributed by atoms with Crippen LogP contribution in [0, 0.1) is 0 Å². The molecule has 1 heterocycles. The van der Waals surface area contributed by atoms with Crippen LogP contribution >= 0.6 is 11.6 Å². The lowest BCUT2D eigenvalue weighted by Gasteiger charge is -2.25. The van der Waals surface area contributed by atoms with Gasteiger partial charge in [0.05, 0.1) is 0 Å². The summed E-state index contributed by atoms with van der Waals surface area (Å²) in [4.78, 5) is 12.2. The van der Waals surface area contributed by atoms with Gasteiger partial charge in [-0.1, -0.05) is 25.4 Å². The molecule has 0 bridgehead atoms. The first-order valence-electron chi connectivity index (χ1n) is 8.63. The minimum atomic E-state index is 0.744. The van der Waals surface area contributed by atoms with E-state index in [0.717, 1.165) is 61.0 Å². The fourth-order valence-corrected chi connectivity index (χ4v) is 3.39. The van der Waals surface area contributed by atoms with Crippen LogP contribution in [0.3, 0.4) is 0 Å². The molecule has 1 aliphatic carbocycles. The van der Waals surface area contributed by atoms with Crippen molar-refractivity contribution in [3.05, 3.63) is 40.5 Å². The number of halogens is 1. The van der Waals surface area contributed by atoms with Crippen LogP contribution in [-0.2, 0) is 12.8 Å². The molecule has 122 valence electrons. The lowest BCUT2D eigenvalue weighted by Crippen LogP contribution is -2.27. The Morgan fingerprint density at radius 3 is 2.35 bits per heavy atom. The van der Waals surface area contributed by atoms with Crippen LogP contribution in [0.5, 0.6) is 0 Å². The van der Waals surface area contributed by atoms with Gasteiger partial charge in [-0.25, -0.2) is 9.97 Å². The molecule has 0 spiro atoms. The molecule has 3 nitrogen and oxygen atoms in total. The van der Waals surface area contributed by atoms with Gasteiger partial charge < -0.3 is 4.90 Å². The van der Waals surface area contributed by atoms with Crippen molar-refractivity contribution in [1.29, 1.82) is 0 Å². The molecule has 1 aromatic heterocycles. The van der Waals surface area contributed by atoms with Crippen molar-refractivity contribution in [1.82, 2.24) is 9.97 Å². The Balaban J connectivity index is 2.05. The SMILES string of the molecule is CCCN(CCC)c1nc(-c2ccc(Cl)cc2)nc2c1CCC2. The van der Waals surface area contributed by atoms with E-state index >= 15 is 0 Å². The number of benzene rings is 1. The molecular formula is C19H24ClN3. The van der Waals surface area contributed by atoms with Crippen LogP contribution in [0.1, 0.15) is 44.4 Å². The molecule has 1 aliphatic rings. The summed E-state index contributed by atoms with van der Waals surface area (Å²) in [6.07, 6.45) is 5.63. The molecule has 0 aliphatic heterocycles. The van der Waals surface area contributed by atoms with Gasteiger partial charge in [-0.2, -0.15) is 0 Å². The van der Waals surface area contributed by atoms with Crippen LogP contribution in [0.25, 0.3) is 11.4 Å². The third-order valence-electron chi connectivity index (χ3n) is 4.30. The highest BCUT2D eigenvalue weighted by Crippen LogP contribution is 2.32. The fourth-order valence-electron chi connectivity index (χ4n) is 3.27. The first-order valence-corrected chi connectivity index (χ1v) is 9.01. The Labute approximate surface area is 143 Å². The zero-order valence-electron chi connectivity index (χ0n) is 14.0. The second-order valence-corrected chi connectivity index (χ2v) is 6.58. The number of nitrogens with zero attached hydrogens (tertiary/aromatic N) is 3. The highest BCUT2D eigenvalue weighted by atomic mass is 35.5. The summed E-state index contributed by atoms with van der Waals surface area (Å²) in [5.41, 5.74) is 3.64. The molecule has 0 amide bonds. The normalized spacial score (nSPS) is 13.2. The molecule has 0 atom stereocenters. The van der Waals surface area contributed by atoms with Crippen molar-refractivity contribution in [2.45, 2.75) is 46.0 Å². The van der Waals surface area contributed by atoms with Crippen LogP contribution < -0.4 is 4.90 Å². The maximum atomic E-state index is 6.01. The maximum absolute atomic E-state index is 6.01. The Kier molecular flexibility index (Phi) is 5.16. The van der Waals surface area contributed by atoms with E-state index in [1.807, 2.05) is 24.3 Å². The van der Waals surface area contributed by atoms with E-state index in [0.29, 0.717) is 0 Å². The van der Waals surface area contributed by atoms with E-state index in [9.17, 15) is 0 Å². The molecule has 1 aromatic carbocycles. The number of hydrogen-bond acceptors (Lipinski definition) is 3. The van der Waals surface area contributed by atoms with Gasteiger partial charge >= 0.3 is 0 Å². The number of fused-ring (bicyclic) bond motifs is 1. The number of rotatable bonds is 6. The van der Waals surface area contributed by atoms with Gasteiger partial charge in [-0.15, -0.1) is 0 Å². The third kappa shape index (κ3) is 3.50. The lowest BCUT2D eigenvalue weighted by atomic mass is 10.1. The maximum Gasteiger partial charge on any atom is 0.161 e. The number of anilines is 1. The smallest absolute Gasteiger partial charge is 0.161 e. The molecule has 0 unspecified atom stereocenters. The van der Waals surface area contributed by atoms with E-state index < -0.39 is 0 Å². The van der Waals surface area contributed by atoms with Crippen molar-refractivity contribution >= 4 is 17.4 Å². The largest absolute Gasteiger partial charge is 0.356 e. The van der Waals surface area contributed by atoms with Crippen LogP contribution in [0.2, 0.25) is 5.02 Å². The third-order valence-corrected chi connectivity index (χ3v) is 4.55. The predicted octanol–water partition coefficient (Wildman–Crippen LogP) is 4.91. The molecule has 0 radical (unpaired) electrons. The van der Waals surface area contributed by atoms with Gasteiger partial charge in [0, 0.05) is 34.9 Å². The molecule has 23 heavy (non-hydrogen) atoms. The van der Waals surface area contributed by atoms with Crippen molar-refractivity contribution in [2.75, 3.05) is 18.0 Å². The standard InChI is InChI=1S/C19H24ClN3/c1-3-12-23(13-4-2)19-16-6-5-7-17(16)21-18(22-19)14-8-10-15(20)11-9-14/h8-11H,3-7,12-13H2,1-2H3. The average molecular weight is 330 g/mol. The quantitative estimate of drug-likeness (QED) is 0.753. The van der Waals surface area contributed by atoms with Crippen LogP contribution in [0.15, 0.2) is 24.3 Å². The summed E-state index contributed by atoms with van der Waals surface area (Å²) in [5, 5.41) is 0.744. The monoisotopic (exact) mass is 329 g/mol. The lowest BCUT2D eigenvalue weighted by molar-refractivity contribution is 0.728. The summed E-state index contributed by atoms with van der Waals surface area (Å²) < 4.78 is 0. The fraction of sp³-hybridized carbons (Fsp3) is 0.474. The first kappa shape index (κ1) is 16.3.